The number of fused-ring (bicyclic) bond motifs is 1. The van der Waals surface area contributed by atoms with E-state index in [1.807, 2.05) is 4.90 Å². The van der Waals surface area contributed by atoms with E-state index in [4.69, 9.17) is 0 Å². The number of carbonyl (C=O) groups excluding carboxylic acids is 1. The minimum Gasteiger partial charge on any atom is -0.357 e. The first-order valence-corrected chi connectivity index (χ1v) is 5.44. The standard InChI is InChI=1S/C11H16N4O/c1-7(2)5-15-6-9-8(10(15)16)4-13-11(12-3)14-9/h4,7H,5-6H2,1-3H3,(H,12,13,14). The largest absolute Gasteiger partial charge is 0.357 e. The van der Waals surface area contributed by atoms with E-state index in [1.54, 1.807) is 13.2 Å². The van der Waals surface area contributed by atoms with Crippen LogP contribution in [-0.4, -0.2) is 34.4 Å². The Morgan fingerprint density at radius 1 is 1.56 bits per heavy atom. The molecule has 1 amide bonds. The van der Waals surface area contributed by atoms with Crippen LogP contribution in [0.2, 0.25) is 0 Å². The molecule has 1 aromatic heterocycles. The Hall–Kier alpha value is -1.65. The fourth-order valence-electron chi connectivity index (χ4n) is 1.85. The Balaban J connectivity index is 2.24. The summed E-state index contributed by atoms with van der Waals surface area (Å²) in [4.78, 5) is 22.1. The summed E-state index contributed by atoms with van der Waals surface area (Å²) >= 11 is 0. The van der Waals surface area contributed by atoms with Crippen LogP contribution < -0.4 is 5.32 Å². The second-order valence-electron chi connectivity index (χ2n) is 4.38. The molecule has 0 saturated heterocycles. The van der Waals surface area contributed by atoms with Crippen molar-refractivity contribution in [3.8, 4) is 0 Å². The van der Waals surface area contributed by atoms with Crippen LogP contribution in [0.1, 0.15) is 29.9 Å². The summed E-state index contributed by atoms with van der Waals surface area (Å²) in [5, 5.41) is 2.88. The molecule has 1 aromatic rings. The molecule has 1 aliphatic rings. The van der Waals surface area contributed by atoms with Crippen LogP contribution in [0.25, 0.3) is 0 Å². The lowest BCUT2D eigenvalue weighted by Crippen LogP contribution is -2.27. The van der Waals surface area contributed by atoms with Crippen molar-refractivity contribution in [3.63, 3.8) is 0 Å². The zero-order valence-corrected chi connectivity index (χ0v) is 9.82. The summed E-state index contributed by atoms with van der Waals surface area (Å²) in [5.74, 6) is 1.08. The van der Waals surface area contributed by atoms with Gasteiger partial charge in [-0.2, -0.15) is 0 Å². The van der Waals surface area contributed by atoms with Crippen molar-refractivity contribution < 1.29 is 4.79 Å². The van der Waals surface area contributed by atoms with E-state index >= 15 is 0 Å². The molecular formula is C11H16N4O. The highest BCUT2D eigenvalue weighted by molar-refractivity contribution is 5.97. The molecular weight excluding hydrogens is 204 g/mol. The van der Waals surface area contributed by atoms with Crippen molar-refractivity contribution in [2.24, 2.45) is 5.92 Å². The van der Waals surface area contributed by atoms with Crippen LogP contribution in [-0.2, 0) is 6.54 Å². The van der Waals surface area contributed by atoms with Gasteiger partial charge in [-0.25, -0.2) is 9.97 Å². The predicted octanol–water partition coefficient (Wildman–Crippen LogP) is 1.13. The van der Waals surface area contributed by atoms with E-state index in [0.717, 1.165) is 12.2 Å². The Kier molecular flexibility index (Phi) is 2.77. The fraction of sp³-hybridized carbons (Fsp3) is 0.545. The van der Waals surface area contributed by atoms with E-state index in [1.165, 1.54) is 0 Å². The third-order valence-corrected chi connectivity index (χ3v) is 2.54. The minimum absolute atomic E-state index is 0.0475. The van der Waals surface area contributed by atoms with Crippen molar-refractivity contribution in [1.29, 1.82) is 0 Å². The Bertz CT molecular complexity index is 416. The number of nitrogens with one attached hydrogen (secondary N) is 1. The maximum atomic E-state index is 12.0. The SMILES string of the molecule is CNc1ncc2c(n1)CN(CC(C)C)C2=O. The average Bonchev–Trinajstić information content (AvgIpc) is 2.54. The first-order chi connectivity index (χ1) is 7.61. The normalized spacial score (nSPS) is 14.5. The topological polar surface area (TPSA) is 58.1 Å². The van der Waals surface area contributed by atoms with E-state index < -0.39 is 0 Å². The minimum atomic E-state index is 0.0475. The second kappa shape index (κ2) is 4.08. The molecule has 16 heavy (non-hydrogen) atoms. The zero-order valence-electron chi connectivity index (χ0n) is 9.82. The first-order valence-electron chi connectivity index (χ1n) is 5.44. The van der Waals surface area contributed by atoms with E-state index in [2.05, 4.69) is 29.1 Å². The van der Waals surface area contributed by atoms with Crippen LogP contribution in [0.15, 0.2) is 6.20 Å². The lowest BCUT2D eigenvalue weighted by molar-refractivity contribution is 0.0759. The van der Waals surface area contributed by atoms with Crippen molar-refractivity contribution in [1.82, 2.24) is 14.9 Å². The van der Waals surface area contributed by atoms with Gasteiger partial charge in [-0.3, -0.25) is 4.79 Å². The molecule has 5 nitrogen and oxygen atoms in total. The molecule has 0 saturated carbocycles. The van der Waals surface area contributed by atoms with Gasteiger partial charge in [0, 0.05) is 19.8 Å². The number of hydrogen-bond acceptors (Lipinski definition) is 4. The maximum absolute atomic E-state index is 12.0. The number of amides is 1. The van der Waals surface area contributed by atoms with Gasteiger partial charge in [0.2, 0.25) is 5.95 Å². The van der Waals surface area contributed by atoms with Gasteiger partial charge in [-0.05, 0) is 5.92 Å². The first kappa shape index (κ1) is 10.9. The lowest BCUT2D eigenvalue weighted by atomic mass is 10.2. The summed E-state index contributed by atoms with van der Waals surface area (Å²) in [6, 6.07) is 0. The number of anilines is 1. The average molecular weight is 220 g/mol. The molecule has 0 radical (unpaired) electrons. The third kappa shape index (κ3) is 1.85. The molecule has 1 N–H and O–H groups in total. The highest BCUT2D eigenvalue weighted by Crippen LogP contribution is 2.21. The molecule has 0 atom stereocenters. The Morgan fingerprint density at radius 3 is 2.94 bits per heavy atom. The molecule has 2 rings (SSSR count). The quantitative estimate of drug-likeness (QED) is 0.829. The number of hydrogen-bond donors (Lipinski definition) is 1. The van der Waals surface area contributed by atoms with E-state index in [-0.39, 0.29) is 5.91 Å². The number of nitrogens with zero attached hydrogens (tertiary/aromatic N) is 3. The summed E-state index contributed by atoms with van der Waals surface area (Å²) in [7, 11) is 1.77. The second-order valence-corrected chi connectivity index (χ2v) is 4.38. The van der Waals surface area contributed by atoms with Crippen LogP contribution in [0, 0.1) is 5.92 Å². The number of rotatable bonds is 3. The smallest absolute Gasteiger partial charge is 0.257 e. The Morgan fingerprint density at radius 2 is 2.31 bits per heavy atom. The maximum Gasteiger partial charge on any atom is 0.257 e. The van der Waals surface area contributed by atoms with Crippen molar-refractivity contribution >= 4 is 11.9 Å². The highest BCUT2D eigenvalue weighted by atomic mass is 16.2. The zero-order chi connectivity index (χ0) is 11.7. The van der Waals surface area contributed by atoms with Gasteiger partial charge >= 0.3 is 0 Å². The van der Waals surface area contributed by atoms with E-state index in [9.17, 15) is 4.79 Å². The van der Waals surface area contributed by atoms with Crippen LogP contribution in [0.4, 0.5) is 5.95 Å². The molecule has 0 fully saturated rings. The van der Waals surface area contributed by atoms with E-state index in [0.29, 0.717) is 24.0 Å². The number of aromatic nitrogens is 2. The lowest BCUT2D eigenvalue weighted by Gasteiger charge is -2.17. The summed E-state index contributed by atoms with van der Waals surface area (Å²) in [6.07, 6.45) is 1.61. The summed E-state index contributed by atoms with van der Waals surface area (Å²) < 4.78 is 0. The van der Waals surface area contributed by atoms with Crippen molar-refractivity contribution in [2.45, 2.75) is 20.4 Å². The van der Waals surface area contributed by atoms with Gasteiger partial charge in [0.15, 0.2) is 0 Å². The molecule has 86 valence electrons. The van der Waals surface area contributed by atoms with Gasteiger partial charge in [-0.1, -0.05) is 13.8 Å². The van der Waals surface area contributed by atoms with Gasteiger partial charge in [-0.15, -0.1) is 0 Å². The van der Waals surface area contributed by atoms with Crippen LogP contribution in [0.5, 0.6) is 0 Å². The molecule has 5 heteroatoms. The third-order valence-electron chi connectivity index (χ3n) is 2.54. The monoisotopic (exact) mass is 220 g/mol. The molecule has 0 spiro atoms. The van der Waals surface area contributed by atoms with Crippen molar-refractivity contribution in [2.75, 3.05) is 18.9 Å². The van der Waals surface area contributed by atoms with Gasteiger partial charge in [0.1, 0.15) is 0 Å². The van der Waals surface area contributed by atoms with Gasteiger partial charge in [0.05, 0.1) is 17.8 Å². The molecule has 0 aromatic carbocycles. The fourth-order valence-corrected chi connectivity index (χ4v) is 1.85. The van der Waals surface area contributed by atoms with Gasteiger partial charge in [0.25, 0.3) is 5.91 Å². The summed E-state index contributed by atoms with van der Waals surface area (Å²) in [6.45, 7) is 5.57. The highest BCUT2D eigenvalue weighted by Gasteiger charge is 2.29. The number of carbonyl (C=O) groups is 1. The van der Waals surface area contributed by atoms with Crippen molar-refractivity contribution in [3.05, 3.63) is 17.5 Å². The van der Waals surface area contributed by atoms with Crippen LogP contribution in [0.3, 0.4) is 0 Å². The Labute approximate surface area is 94.9 Å². The molecule has 0 unspecified atom stereocenters. The van der Waals surface area contributed by atoms with Crippen LogP contribution >= 0.6 is 0 Å². The molecule has 2 heterocycles. The molecule has 0 bridgehead atoms. The summed E-state index contributed by atoms with van der Waals surface area (Å²) in [5.41, 5.74) is 1.46. The molecule has 1 aliphatic heterocycles. The predicted molar refractivity (Wildman–Crippen MR) is 61.2 cm³/mol. The molecule has 0 aliphatic carbocycles. The van der Waals surface area contributed by atoms with Gasteiger partial charge < -0.3 is 10.2 Å².